The number of nitrogens with zero attached hydrogens (tertiary/aromatic N) is 1. The van der Waals surface area contributed by atoms with Gasteiger partial charge in [-0.05, 0) is 43.7 Å². The van der Waals surface area contributed by atoms with Crippen LogP contribution >= 0.6 is 0 Å². The summed E-state index contributed by atoms with van der Waals surface area (Å²) >= 11 is 0. The van der Waals surface area contributed by atoms with Crippen LogP contribution < -0.4 is 4.72 Å². The summed E-state index contributed by atoms with van der Waals surface area (Å²) in [4.78, 5) is 26.9. The number of carbonyl (C=O) groups excluding carboxylic acids is 2. The van der Waals surface area contributed by atoms with E-state index in [0.29, 0.717) is 12.5 Å². The number of nitrogens with one attached hydrogen (secondary N) is 1. The topological polar surface area (TPSA) is 92.8 Å². The minimum absolute atomic E-state index is 0.0879. The zero-order valence-corrected chi connectivity index (χ0v) is 16.3. The van der Waals surface area contributed by atoms with Gasteiger partial charge in [-0.1, -0.05) is 25.0 Å². The molecule has 2 fully saturated rings. The van der Waals surface area contributed by atoms with Crippen LogP contribution in [0.25, 0.3) is 0 Å². The second-order valence-electron chi connectivity index (χ2n) is 7.34. The molecule has 3 rings (SSSR count). The van der Waals surface area contributed by atoms with Crippen LogP contribution in [0.4, 0.5) is 5.69 Å². The molecular weight excluding hydrogens is 368 g/mol. The summed E-state index contributed by atoms with van der Waals surface area (Å²) in [6.45, 7) is 0.388. The number of piperidine rings is 1. The lowest BCUT2D eigenvalue weighted by Crippen LogP contribution is -2.50. The van der Waals surface area contributed by atoms with Crippen LogP contribution in [0, 0.1) is 5.92 Å². The van der Waals surface area contributed by atoms with Crippen LogP contribution in [0.5, 0.6) is 0 Å². The molecule has 1 saturated heterocycles. The number of fused-ring (bicyclic) bond motifs is 1. The highest BCUT2D eigenvalue weighted by Gasteiger charge is 2.35. The molecule has 0 bridgehead atoms. The normalized spacial score (nSPS) is 22.6. The van der Waals surface area contributed by atoms with Crippen molar-refractivity contribution in [2.75, 3.05) is 24.1 Å². The minimum atomic E-state index is -3.53. The first-order valence-corrected chi connectivity index (χ1v) is 11.3. The first-order valence-electron chi connectivity index (χ1n) is 9.38. The van der Waals surface area contributed by atoms with E-state index in [1.807, 2.05) is 4.90 Å². The van der Waals surface area contributed by atoms with Crippen molar-refractivity contribution in [2.45, 2.75) is 44.6 Å². The Morgan fingerprint density at radius 1 is 1.15 bits per heavy atom. The van der Waals surface area contributed by atoms with Crippen LogP contribution in [-0.2, 0) is 19.6 Å². The van der Waals surface area contributed by atoms with E-state index >= 15 is 0 Å². The Bertz CT molecular complexity index is 806. The largest absolute Gasteiger partial charge is 0.452 e. The molecule has 1 aromatic rings. The van der Waals surface area contributed by atoms with Gasteiger partial charge in [0.2, 0.25) is 10.0 Å². The van der Waals surface area contributed by atoms with Crippen molar-refractivity contribution >= 4 is 27.6 Å². The number of amides is 1. The molecule has 27 heavy (non-hydrogen) atoms. The minimum Gasteiger partial charge on any atom is -0.452 e. The molecule has 1 saturated carbocycles. The van der Waals surface area contributed by atoms with Crippen LogP contribution in [-0.4, -0.2) is 50.6 Å². The van der Waals surface area contributed by atoms with Gasteiger partial charge in [0.15, 0.2) is 6.61 Å². The van der Waals surface area contributed by atoms with Gasteiger partial charge in [0.05, 0.1) is 17.5 Å². The summed E-state index contributed by atoms with van der Waals surface area (Å²) in [7, 11) is -3.53. The SMILES string of the molecule is CS(=O)(=O)Nc1ccccc1C(=O)OCC(=O)N1CCC[C@@H]2CCCC[C@@H]21. The summed E-state index contributed by atoms with van der Waals surface area (Å²) < 4.78 is 30.4. The van der Waals surface area contributed by atoms with E-state index in [0.717, 1.165) is 25.5 Å². The lowest BCUT2D eigenvalue weighted by Gasteiger charge is -2.44. The maximum Gasteiger partial charge on any atom is 0.340 e. The van der Waals surface area contributed by atoms with Gasteiger partial charge in [-0.3, -0.25) is 9.52 Å². The fourth-order valence-electron chi connectivity index (χ4n) is 4.17. The molecule has 7 nitrogen and oxygen atoms in total. The second-order valence-corrected chi connectivity index (χ2v) is 9.09. The third-order valence-electron chi connectivity index (χ3n) is 5.33. The standard InChI is InChI=1S/C19H26N2O5S/c1-27(24,25)20-16-10-4-3-9-15(16)19(23)26-13-18(22)21-12-6-8-14-7-2-5-11-17(14)21/h3-4,9-10,14,17,20H,2,5-8,11-13H2,1H3/t14-,17-/m0/s1. The summed E-state index contributed by atoms with van der Waals surface area (Å²) in [6.07, 6.45) is 7.71. The predicted molar refractivity (Wildman–Crippen MR) is 102 cm³/mol. The number of sulfonamides is 1. The molecule has 0 radical (unpaired) electrons. The van der Waals surface area contributed by atoms with Crippen LogP contribution in [0.1, 0.15) is 48.9 Å². The van der Waals surface area contributed by atoms with Gasteiger partial charge in [-0.2, -0.15) is 0 Å². The lowest BCUT2D eigenvalue weighted by atomic mass is 9.78. The smallest absolute Gasteiger partial charge is 0.340 e. The summed E-state index contributed by atoms with van der Waals surface area (Å²) in [5.41, 5.74) is 0.229. The number of rotatable bonds is 5. The third kappa shape index (κ3) is 5.00. The molecule has 0 aromatic heterocycles. The third-order valence-corrected chi connectivity index (χ3v) is 5.92. The summed E-state index contributed by atoms with van der Waals surface area (Å²) in [5.74, 6) is -0.326. The molecule has 1 N–H and O–H groups in total. The van der Waals surface area contributed by atoms with E-state index in [4.69, 9.17) is 4.74 Å². The van der Waals surface area contributed by atoms with E-state index in [1.54, 1.807) is 12.1 Å². The maximum absolute atomic E-state index is 12.6. The first kappa shape index (κ1) is 19.7. The Morgan fingerprint density at radius 2 is 1.85 bits per heavy atom. The van der Waals surface area contributed by atoms with Crippen molar-refractivity contribution < 1.29 is 22.7 Å². The highest BCUT2D eigenvalue weighted by molar-refractivity contribution is 7.92. The number of carbonyl (C=O) groups is 2. The first-order chi connectivity index (χ1) is 12.8. The van der Waals surface area contributed by atoms with E-state index in [-0.39, 0.29) is 29.8 Å². The Morgan fingerprint density at radius 3 is 2.63 bits per heavy atom. The molecule has 0 spiro atoms. The molecule has 1 amide bonds. The lowest BCUT2D eigenvalue weighted by molar-refractivity contribution is -0.140. The molecule has 148 valence electrons. The van der Waals surface area contributed by atoms with Crippen molar-refractivity contribution in [3.8, 4) is 0 Å². The molecule has 1 aliphatic carbocycles. The molecule has 2 atom stereocenters. The van der Waals surface area contributed by atoms with Gasteiger partial charge >= 0.3 is 5.97 Å². The summed E-state index contributed by atoms with van der Waals surface area (Å²) in [5, 5.41) is 0. The van der Waals surface area contributed by atoms with Gasteiger partial charge in [0, 0.05) is 12.6 Å². The van der Waals surface area contributed by atoms with E-state index < -0.39 is 16.0 Å². The van der Waals surface area contributed by atoms with Gasteiger partial charge in [0.25, 0.3) is 5.91 Å². The zero-order valence-electron chi connectivity index (χ0n) is 15.5. The predicted octanol–water partition coefficient (Wildman–Crippen LogP) is 2.40. The van der Waals surface area contributed by atoms with Gasteiger partial charge < -0.3 is 9.64 Å². The Hall–Kier alpha value is -2.09. The second kappa shape index (κ2) is 8.29. The zero-order chi connectivity index (χ0) is 19.4. The van der Waals surface area contributed by atoms with Gasteiger partial charge in [-0.25, -0.2) is 13.2 Å². The highest BCUT2D eigenvalue weighted by Crippen LogP contribution is 2.35. The Balaban J connectivity index is 1.63. The van der Waals surface area contributed by atoms with E-state index in [9.17, 15) is 18.0 Å². The maximum atomic E-state index is 12.6. The van der Waals surface area contributed by atoms with E-state index in [2.05, 4.69) is 4.72 Å². The highest BCUT2D eigenvalue weighted by atomic mass is 32.2. The van der Waals surface area contributed by atoms with Crippen molar-refractivity contribution in [2.24, 2.45) is 5.92 Å². The van der Waals surface area contributed by atoms with Crippen molar-refractivity contribution in [3.05, 3.63) is 29.8 Å². The Kier molecular flexibility index (Phi) is 6.04. The van der Waals surface area contributed by atoms with Crippen molar-refractivity contribution in [3.63, 3.8) is 0 Å². The van der Waals surface area contributed by atoms with Gasteiger partial charge in [0.1, 0.15) is 0 Å². The number of benzene rings is 1. The monoisotopic (exact) mass is 394 g/mol. The quantitative estimate of drug-likeness (QED) is 0.774. The molecule has 1 heterocycles. The number of hydrogen-bond donors (Lipinski definition) is 1. The van der Waals surface area contributed by atoms with Gasteiger partial charge in [-0.15, -0.1) is 0 Å². The fraction of sp³-hybridized carbons (Fsp3) is 0.579. The molecule has 8 heteroatoms. The summed E-state index contributed by atoms with van der Waals surface area (Å²) in [6, 6.07) is 6.45. The van der Waals surface area contributed by atoms with E-state index in [1.165, 1.54) is 31.4 Å². The fourth-order valence-corrected chi connectivity index (χ4v) is 4.75. The van der Waals surface area contributed by atoms with Crippen LogP contribution in [0.2, 0.25) is 0 Å². The number of likely N-dealkylation sites (tertiary alicyclic amines) is 1. The molecular formula is C19H26N2O5S. The van der Waals surface area contributed by atoms with Crippen LogP contribution in [0.3, 0.4) is 0 Å². The average Bonchev–Trinajstić information content (AvgIpc) is 2.64. The number of ether oxygens (including phenoxy) is 1. The number of esters is 1. The van der Waals surface area contributed by atoms with Crippen molar-refractivity contribution in [1.29, 1.82) is 0 Å². The molecule has 1 aromatic carbocycles. The van der Waals surface area contributed by atoms with Crippen LogP contribution in [0.15, 0.2) is 24.3 Å². The molecule has 2 aliphatic rings. The molecule has 1 aliphatic heterocycles. The van der Waals surface area contributed by atoms with Crippen molar-refractivity contribution in [1.82, 2.24) is 4.90 Å². The number of hydrogen-bond acceptors (Lipinski definition) is 5. The number of para-hydroxylation sites is 1. The molecule has 0 unspecified atom stereocenters. The Labute approximate surface area is 160 Å². The average molecular weight is 394 g/mol. The number of anilines is 1.